The van der Waals surface area contributed by atoms with Crippen LogP contribution in [0.2, 0.25) is 0 Å². The minimum Gasteiger partial charge on any atom is -0.372 e. The molecule has 0 amide bonds. The van der Waals surface area contributed by atoms with Gasteiger partial charge in [-0.25, -0.2) is 0 Å². The monoisotopic (exact) mass is 282 g/mol. The van der Waals surface area contributed by atoms with Gasteiger partial charge in [0.1, 0.15) is 0 Å². The molecule has 112 valence electrons. The summed E-state index contributed by atoms with van der Waals surface area (Å²) in [6.45, 7) is 7.43. The molecule has 2 nitrogen and oxygen atoms in total. The second-order valence-electron chi connectivity index (χ2n) is 5.93. The highest BCUT2D eigenvalue weighted by atomic mass is 15.1. The van der Waals surface area contributed by atoms with Crippen molar-refractivity contribution in [2.24, 2.45) is 0 Å². The van der Waals surface area contributed by atoms with Gasteiger partial charge in [0, 0.05) is 25.3 Å². The molecule has 0 saturated carbocycles. The molecule has 0 aliphatic heterocycles. The maximum Gasteiger partial charge on any atom is 0.0495 e. The van der Waals surface area contributed by atoms with Gasteiger partial charge in [0.15, 0.2) is 0 Å². The first-order chi connectivity index (χ1) is 10.0. The number of aryl methyl sites for hydroxylation is 3. The lowest BCUT2D eigenvalue weighted by atomic mass is 10.0. The fraction of sp³-hybridized carbons (Fsp3) is 0.368. The van der Waals surface area contributed by atoms with E-state index in [1.807, 2.05) is 7.05 Å². The first kappa shape index (κ1) is 15.6. The lowest BCUT2D eigenvalue weighted by Gasteiger charge is -2.27. The Morgan fingerprint density at radius 3 is 2.19 bits per heavy atom. The predicted molar refractivity (Wildman–Crippen MR) is 92.2 cm³/mol. The number of hydrogen-bond donors (Lipinski definition) is 1. The Balaban J connectivity index is 2.21. The molecule has 0 radical (unpaired) electrons. The van der Waals surface area contributed by atoms with Crippen molar-refractivity contribution in [2.45, 2.75) is 26.8 Å². The van der Waals surface area contributed by atoms with E-state index >= 15 is 0 Å². The summed E-state index contributed by atoms with van der Waals surface area (Å²) in [4.78, 5) is 2.33. The SMILES string of the molecule is CNC(CN(C)c1ccccc1C)c1cc(C)cc(C)c1. The van der Waals surface area contributed by atoms with Crippen molar-refractivity contribution in [1.82, 2.24) is 5.32 Å². The molecule has 1 N–H and O–H groups in total. The van der Waals surface area contributed by atoms with Crippen LogP contribution in [-0.4, -0.2) is 20.6 Å². The molecule has 2 rings (SSSR count). The molecule has 0 saturated heterocycles. The van der Waals surface area contributed by atoms with Gasteiger partial charge >= 0.3 is 0 Å². The molecule has 1 atom stereocenters. The van der Waals surface area contributed by atoms with Crippen LogP contribution < -0.4 is 10.2 Å². The summed E-state index contributed by atoms with van der Waals surface area (Å²) >= 11 is 0. The molecule has 21 heavy (non-hydrogen) atoms. The molecule has 1 unspecified atom stereocenters. The third-order valence-electron chi connectivity index (χ3n) is 3.98. The van der Waals surface area contributed by atoms with Crippen LogP contribution in [0, 0.1) is 20.8 Å². The molecular weight excluding hydrogens is 256 g/mol. The predicted octanol–water partition coefficient (Wildman–Crippen LogP) is 4.01. The van der Waals surface area contributed by atoms with Gasteiger partial charge in [-0.3, -0.25) is 0 Å². The minimum absolute atomic E-state index is 0.327. The second-order valence-corrected chi connectivity index (χ2v) is 5.93. The molecule has 0 fully saturated rings. The molecule has 0 bridgehead atoms. The lowest BCUT2D eigenvalue weighted by molar-refractivity contribution is 0.588. The van der Waals surface area contributed by atoms with Crippen LogP contribution >= 0.6 is 0 Å². The van der Waals surface area contributed by atoms with Crippen molar-refractivity contribution in [3.8, 4) is 0 Å². The average Bonchev–Trinajstić information content (AvgIpc) is 2.43. The van der Waals surface area contributed by atoms with Gasteiger partial charge in [-0.15, -0.1) is 0 Å². The molecule has 2 heteroatoms. The van der Waals surface area contributed by atoms with Gasteiger partial charge in [0.2, 0.25) is 0 Å². The van der Waals surface area contributed by atoms with Gasteiger partial charge in [0.05, 0.1) is 0 Å². The summed E-state index contributed by atoms with van der Waals surface area (Å²) < 4.78 is 0. The van der Waals surface area contributed by atoms with Crippen molar-refractivity contribution in [2.75, 3.05) is 25.5 Å². The second kappa shape index (κ2) is 6.77. The smallest absolute Gasteiger partial charge is 0.0495 e. The molecule has 0 heterocycles. The first-order valence-electron chi connectivity index (χ1n) is 7.53. The van der Waals surface area contributed by atoms with Crippen molar-refractivity contribution in [1.29, 1.82) is 0 Å². The lowest BCUT2D eigenvalue weighted by Crippen LogP contribution is -2.31. The number of para-hydroxylation sites is 1. The summed E-state index contributed by atoms with van der Waals surface area (Å²) in [5.41, 5.74) is 6.61. The highest BCUT2D eigenvalue weighted by Gasteiger charge is 2.14. The van der Waals surface area contributed by atoms with E-state index in [2.05, 4.69) is 80.5 Å². The van der Waals surface area contributed by atoms with E-state index in [0.29, 0.717) is 6.04 Å². The van der Waals surface area contributed by atoms with E-state index in [1.165, 1.54) is 27.9 Å². The zero-order valence-corrected chi connectivity index (χ0v) is 13.8. The van der Waals surface area contributed by atoms with E-state index in [4.69, 9.17) is 0 Å². The normalized spacial score (nSPS) is 12.2. The Bertz CT molecular complexity index is 584. The fourth-order valence-corrected chi connectivity index (χ4v) is 2.94. The highest BCUT2D eigenvalue weighted by molar-refractivity contribution is 5.52. The Morgan fingerprint density at radius 1 is 1.00 bits per heavy atom. The van der Waals surface area contributed by atoms with E-state index in [-0.39, 0.29) is 0 Å². The number of hydrogen-bond acceptors (Lipinski definition) is 2. The molecular formula is C19H26N2. The third kappa shape index (κ3) is 3.85. The van der Waals surface area contributed by atoms with Crippen molar-refractivity contribution >= 4 is 5.69 Å². The van der Waals surface area contributed by atoms with E-state index in [1.54, 1.807) is 0 Å². The zero-order chi connectivity index (χ0) is 15.4. The summed E-state index contributed by atoms with van der Waals surface area (Å²) in [5, 5.41) is 3.45. The summed E-state index contributed by atoms with van der Waals surface area (Å²) in [5.74, 6) is 0. The van der Waals surface area contributed by atoms with Crippen LogP contribution in [0.1, 0.15) is 28.3 Å². The van der Waals surface area contributed by atoms with Crippen LogP contribution in [0.5, 0.6) is 0 Å². The molecule has 0 aliphatic rings. The van der Waals surface area contributed by atoms with Gasteiger partial charge in [-0.2, -0.15) is 0 Å². The van der Waals surface area contributed by atoms with Gasteiger partial charge in [-0.1, -0.05) is 47.5 Å². The molecule has 0 aliphatic carbocycles. The molecule has 0 spiro atoms. The fourth-order valence-electron chi connectivity index (χ4n) is 2.94. The van der Waals surface area contributed by atoms with Gasteiger partial charge in [0.25, 0.3) is 0 Å². The van der Waals surface area contributed by atoms with Crippen LogP contribution in [0.4, 0.5) is 5.69 Å². The van der Waals surface area contributed by atoms with E-state index in [0.717, 1.165) is 6.54 Å². The number of nitrogens with one attached hydrogen (secondary N) is 1. The average molecular weight is 282 g/mol. The van der Waals surface area contributed by atoms with Crippen LogP contribution in [0.25, 0.3) is 0 Å². The summed E-state index contributed by atoms with van der Waals surface area (Å²) in [6, 6.07) is 15.6. The molecule has 2 aromatic rings. The van der Waals surface area contributed by atoms with E-state index < -0.39 is 0 Å². The van der Waals surface area contributed by atoms with Crippen molar-refractivity contribution < 1.29 is 0 Å². The standard InChI is InChI=1S/C19H26N2/c1-14-10-15(2)12-17(11-14)18(20-4)13-21(5)19-9-7-6-8-16(19)3/h6-12,18,20H,13H2,1-5H3. The Hall–Kier alpha value is -1.80. The zero-order valence-electron chi connectivity index (χ0n) is 13.8. The van der Waals surface area contributed by atoms with Gasteiger partial charge in [-0.05, 0) is 45.0 Å². The topological polar surface area (TPSA) is 15.3 Å². The number of likely N-dealkylation sites (N-methyl/N-ethyl adjacent to an activating group) is 2. The Kier molecular flexibility index (Phi) is 5.03. The first-order valence-corrected chi connectivity index (χ1v) is 7.53. The van der Waals surface area contributed by atoms with Crippen LogP contribution in [0.3, 0.4) is 0 Å². The van der Waals surface area contributed by atoms with Crippen molar-refractivity contribution in [3.63, 3.8) is 0 Å². The number of anilines is 1. The highest BCUT2D eigenvalue weighted by Crippen LogP contribution is 2.22. The maximum atomic E-state index is 3.45. The summed E-state index contributed by atoms with van der Waals surface area (Å²) in [6.07, 6.45) is 0. The third-order valence-corrected chi connectivity index (χ3v) is 3.98. The number of nitrogens with zero attached hydrogens (tertiary/aromatic N) is 1. The summed E-state index contributed by atoms with van der Waals surface area (Å²) in [7, 11) is 4.20. The van der Waals surface area contributed by atoms with Gasteiger partial charge < -0.3 is 10.2 Å². The Morgan fingerprint density at radius 2 is 1.62 bits per heavy atom. The van der Waals surface area contributed by atoms with Crippen LogP contribution in [0.15, 0.2) is 42.5 Å². The minimum atomic E-state index is 0.327. The molecule has 2 aromatic carbocycles. The largest absolute Gasteiger partial charge is 0.372 e. The number of rotatable bonds is 5. The number of benzene rings is 2. The van der Waals surface area contributed by atoms with Crippen LogP contribution in [-0.2, 0) is 0 Å². The quantitative estimate of drug-likeness (QED) is 0.891. The van der Waals surface area contributed by atoms with E-state index in [9.17, 15) is 0 Å². The van der Waals surface area contributed by atoms with Crippen molar-refractivity contribution in [3.05, 3.63) is 64.7 Å². The molecule has 0 aromatic heterocycles. The maximum absolute atomic E-state index is 3.45. The Labute approximate surface area is 128 Å².